The maximum absolute atomic E-state index is 11.6. The Hall–Kier alpha value is -2.38. The van der Waals surface area contributed by atoms with Crippen LogP contribution in [0.4, 0.5) is 0 Å². The van der Waals surface area contributed by atoms with E-state index in [1.165, 1.54) is 11.3 Å². The molecule has 3 rings (SSSR count). The maximum atomic E-state index is 11.6. The van der Waals surface area contributed by atoms with Crippen molar-refractivity contribution in [1.82, 2.24) is 0 Å². The van der Waals surface area contributed by atoms with Crippen molar-refractivity contribution in [2.24, 2.45) is 0 Å². The average molecular weight is 253 g/mol. The highest BCUT2D eigenvalue weighted by atomic mass is 32.1. The van der Waals surface area contributed by atoms with Gasteiger partial charge in [-0.15, -0.1) is 11.3 Å². The number of ether oxygens (including phenoxy) is 1. The minimum atomic E-state index is -0.325. The van der Waals surface area contributed by atoms with Gasteiger partial charge in [0.2, 0.25) is 0 Å². The summed E-state index contributed by atoms with van der Waals surface area (Å²) < 4.78 is 5.22. The molecule has 0 unspecified atom stereocenters. The number of nitriles is 1. The highest BCUT2D eigenvalue weighted by molar-refractivity contribution is 7.11. The quantitative estimate of drug-likeness (QED) is 0.733. The van der Waals surface area contributed by atoms with Crippen molar-refractivity contribution in [2.75, 3.05) is 0 Å². The van der Waals surface area contributed by atoms with Gasteiger partial charge in [-0.2, -0.15) is 5.26 Å². The van der Waals surface area contributed by atoms with Crippen LogP contribution in [0.5, 0.6) is 0 Å². The molecule has 1 aromatic carbocycles. The molecule has 3 nitrogen and oxygen atoms in total. The lowest BCUT2D eigenvalue weighted by molar-refractivity contribution is 0.0717. The first kappa shape index (κ1) is 10.8. The lowest BCUT2D eigenvalue weighted by Crippen LogP contribution is -1.92. The number of cyclic esters (lactones) is 1. The van der Waals surface area contributed by atoms with Gasteiger partial charge in [-0.1, -0.05) is 18.2 Å². The molecule has 0 atom stereocenters. The van der Waals surface area contributed by atoms with Gasteiger partial charge < -0.3 is 4.74 Å². The van der Waals surface area contributed by atoms with Gasteiger partial charge in [0.05, 0.1) is 11.1 Å². The first-order valence-electron chi connectivity index (χ1n) is 5.30. The number of carbonyl (C=O) groups excluding carboxylic acids is 1. The zero-order valence-electron chi connectivity index (χ0n) is 9.21. The Bertz CT molecular complexity index is 707. The zero-order chi connectivity index (χ0) is 12.5. The summed E-state index contributed by atoms with van der Waals surface area (Å²) in [6.45, 7) is 0. The van der Waals surface area contributed by atoms with Crippen LogP contribution in [0.1, 0.15) is 26.4 Å². The minimum absolute atomic E-state index is 0.325. The number of rotatable bonds is 1. The van der Waals surface area contributed by atoms with Crippen LogP contribution in [0, 0.1) is 11.3 Å². The molecular formula is C14H7NO2S. The Balaban J connectivity index is 2.05. The number of benzene rings is 1. The molecule has 0 aliphatic carbocycles. The summed E-state index contributed by atoms with van der Waals surface area (Å²) >= 11 is 1.45. The fourth-order valence-electron chi connectivity index (χ4n) is 1.81. The molecule has 2 aromatic rings. The van der Waals surface area contributed by atoms with Crippen LogP contribution in [0.25, 0.3) is 11.8 Å². The highest BCUT2D eigenvalue weighted by Crippen LogP contribution is 2.32. The normalized spacial score (nSPS) is 15.3. The van der Waals surface area contributed by atoms with Crippen LogP contribution in [-0.2, 0) is 4.74 Å². The SMILES string of the molecule is N#Cc1csc(/C=C2\OC(=O)c3ccccc32)c1. The van der Waals surface area contributed by atoms with Gasteiger partial charge in [0.15, 0.2) is 0 Å². The number of nitrogens with zero attached hydrogens (tertiary/aromatic N) is 1. The predicted octanol–water partition coefficient (Wildman–Crippen LogP) is 3.29. The molecule has 0 spiro atoms. The zero-order valence-corrected chi connectivity index (χ0v) is 10.0. The molecular weight excluding hydrogens is 246 g/mol. The summed E-state index contributed by atoms with van der Waals surface area (Å²) in [5.41, 5.74) is 2.00. The molecule has 4 heteroatoms. The van der Waals surface area contributed by atoms with E-state index in [1.54, 1.807) is 23.6 Å². The lowest BCUT2D eigenvalue weighted by Gasteiger charge is -1.96. The van der Waals surface area contributed by atoms with E-state index in [2.05, 4.69) is 6.07 Å². The van der Waals surface area contributed by atoms with Crippen molar-refractivity contribution in [3.8, 4) is 6.07 Å². The van der Waals surface area contributed by atoms with E-state index in [0.29, 0.717) is 16.9 Å². The third-order valence-corrected chi connectivity index (χ3v) is 3.52. The first-order valence-corrected chi connectivity index (χ1v) is 6.18. The molecule has 0 saturated carbocycles. The third-order valence-electron chi connectivity index (χ3n) is 2.64. The summed E-state index contributed by atoms with van der Waals surface area (Å²) in [5, 5.41) is 10.5. The monoisotopic (exact) mass is 253 g/mol. The second-order valence-electron chi connectivity index (χ2n) is 3.79. The third kappa shape index (κ3) is 1.71. The summed E-state index contributed by atoms with van der Waals surface area (Å²) in [7, 11) is 0. The van der Waals surface area contributed by atoms with Gasteiger partial charge in [-0.3, -0.25) is 0 Å². The lowest BCUT2D eigenvalue weighted by atomic mass is 10.1. The Morgan fingerprint density at radius 1 is 1.28 bits per heavy atom. The van der Waals surface area contributed by atoms with Crippen LogP contribution >= 0.6 is 11.3 Å². The summed E-state index contributed by atoms with van der Waals surface area (Å²) in [6.07, 6.45) is 1.79. The van der Waals surface area contributed by atoms with Crippen molar-refractivity contribution in [2.45, 2.75) is 0 Å². The van der Waals surface area contributed by atoms with Crippen LogP contribution in [0.2, 0.25) is 0 Å². The van der Waals surface area contributed by atoms with Crippen molar-refractivity contribution < 1.29 is 9.53 Å². The molecule has 0 N–H and O–H groups in total. The molecule has 1 aromatic heterocycles. The fraction of sp³-hybridized carbons (Fsp3) is 0. The molecule has 2 heterocycles. The molecule has 0 radical (unpaired) electrons. The predicted molar refractivity (Wildman–Crippen MR) is 68.8 cm³/mol. The molecule has 0 bridgehead atoms. The number of fused-ring (bicyclic) bond motifs is 1. The molecule has 18 heavy (non-hydrogen) atoms. The molecule has 1 aliphatic heterocycles. The van der Waals surface area contributed by atoms with Crippen molar-refractivity contribution in [3.63, 3.8) is 0 Å². The minimum Gasteiger partial charge on any atom is -0.422 e. The number of hydrogen-bond acceptors (Lipinski definition) is 4. The number of carbonyl (C=O) groups is 1. The Morgan fingerprint density at radius 2 is 2.06 bits per heavy atom. The van der Waals surface area contributed by atoms with E-state index in [-0.39, 0.29) is 5.97 Å². The van der Waals surface area contributed by atoms with E-state index in [9.17, 15) is 4.79 Å². The van der Waals surface area contributed by atoms with Crippen LogP contribution < -0.4 is 0 Å². The summed E-state index contributed by atoms with van der Waals surface area (Å²) in [4.78, 5) is 12.5. The smallest absolute Gasteiger partial charge is 0.344 e. The molecule has 0 amide bonds. The largest absolute Gasteiger partial charge is 0.422 e. The first-order chi connectivity index (χ1) is 8.78. The Morgan fingerprint density at radius 3 is 2.78 bits per heavy atom. The van der Waals surface area contributed by atoms with Crippen LogP contribution in [0.15, 0.2) is 35.7 Å². The Labute approximate surface area is 108 Å². The topological polar surface area (TPSA) is 50.1 Å². The van der Waals surface area contributed by atoms with Crippen LogP contribution in [0.3, 0.4) is 0 Å². The van der Waals surface area contributed by atoms with E-state index in [1.807, 2.05) is 18.2 Å². The van der Waals surface area contributed by atoms with Gasteiger partial charge in [0.25, 0.3) is 0 Å². The maximum Gasteiger partial charge on any atom is 0.344 e. The van der Waals surface area contributed by atoms with Gasteiger partial charge in [-0.25, -0.2) is 4.79 Å². The number of thiophene rings is 1. The van der Waals surface area contributed by atoms with Gasteiger partial charge in [0.1, 0.15) is 11.8 Å². The number of esters is 1. The van der Waals surface area contributed by atoms with Crippen LogP contribution in [-0.4, -0.2) is 5.97 Å². The van der Waals surface area contributed by atoms with Crippen molar-refractivity contribution in [1.29, 1.82) is 5.26 Å². The van der Waals surface area contributed by atoms with Gasteiger partial charge in [-0.05, 0) is 18.2 Å². The second-order valence-corrected chi connectivity index (χ2v) is 4.74. The molecule has 1 aliphatic rings. The van der Waals surface area contributed by atoms with Gasteiger partial charge >= 0.3 is 5.97 Å². The molecule has 0 fully saturated rings. The summed E-state index contributed by atoms with van der Waals surface area (Å²) in [5.74, 6) is 0.218. The van der Waals surface area contributed by atoms with Crippen molar-refractivity contribution in [3.05, 3.63) is 57.3 Å². The Kier molecular flexibility index (Phi) is 2.47. The average Bonchev–Trinajstić information content (AvgIpc) is 2.97. The van der Waals surface area contributed by atoms with E-state index >= 15 is 0 Å². The fourth-order valence-corrected chi connectivity index (χ4v) is 2.56. The van der Waals surface area contributed by atoms with Crippen molar-refractivity contribution >= 4 is 29.1 Å². The molecule has 86 valence electrons. The molecule has 0 saturated heterocycles. The van der Waals surface area contributed by atoms with Gasteiger partial charge in [0, 0.05) is 15.8 Å². The summed E-state index contributed by atoms with van der Waals surface area (Å²) in [6, 6.07) is 11.1. The van der Waals surface area contributed by atoms with E-state index < -0.39 is 0 Å². The standard InChI is InChI=1S/C14H7NO2S/c15-7-9-5-10(18-8-9)6-13-11-3-1-2-4-12(11)14(16)17-13/h1-6,8H/b13-6-. The van der Waals surface area contributed by atoms with E-state index in [0.717, 1.165) is 10.4 Å². The highest BCUT2D eigenvalue weighted by Gasteiger charge is 2.25. The number of hydrogen-bond donors (Lipinski definition) is 0. The van der Waals surface area contributed by atoms with E-state index in [4.69, 9.17) is 10.00 Å². The second kappa shape index (κ2) is 4.13.